The summed E-state index contributed by atoms with van der Waals surface area (Å²) in [5.74, 6) is 1.18. The Morgan fingerprint density at radius 1 is 1.25 bits per heavy atom. The van der Waals surface area contributed by atoms with Crippen LogP contribution in [0.25, 0.3) is 0 Å². The predicted octanol–water partition coefficient (Wildman–Crippen LogP) is 0.703. The zero-order valence-electron chi connectivity index (χ0n) is 14.4. The number of hydrogen-bond acceptors (Lipinski definition) is 5. The van der Waals surface area contributed by atoms with Gasteiger partial charge in [0.1, 0.15) is 11.5 Å². The molecule has 24 heavy (non-hydrogen) atoms. The molecule has 0 spiro atoms. The van der Waals surface area contributed by atoms with Crippen LogP contribution in [0.5, 0.6) is 11.5 Å². The van der Waals surface area contributed by atoms with Crippen molar-refractivity contribution in [2.75, 3.05) is 40.9 Å². The van der Waals surface area contributed by atoms with Crippen molar-refractivity contribution >= 4 is 11.8 Å². The number of rotatable bonds is 7. The lowest BCUT2D eigenvalue weighted by Gasteiger charge is -2.26. The quantitative estimate of drug-likeness (QED) is 0.767. The van der Waals surface area contributed by atoms with Crippen molar-refractivity contribution < 1.29 is 19.1 Å². The summed E-state index contributed by atoms with van der Waals surface area (Å²) in [5.41, 5.74) is 1.02. The fourth-order valence-electron chi connectivity index (χ4n) is 2.98. The van der Waals surface area contributed by atoms with E-state index in [0.717, 1.165) is 36.4 Å². The van der Waals surface area contributed by atoms with Crippen LogP contribution < -0.4 is 20.1 Å². The number of benzene rings is 1. The van der Waals surface area contributed by atoms with E-state index in [0.29, 0.717) is 0 Å². The standard InChI is InChI=1S/C17H25N3O4/c1-18-16(21)10-19-17(22)11-20-8-4-5-14(20)13-9-12(23-2)6-7-15(13)24-3/h6-7,9,14H,4-5,8,10-11H2,1-3H3,(H,18,21)(H,19,22)/t14-/m1/s1. The molecule has 132 valence electrons. The SMILES string of the molecule is CNC(=O)CNC(=O)CN1CCC[C@@H]1c1cc(OC)ccc1OC. The average Bonchev–Trinajstić information content (AvgIpc) is 3.06. The van der Waals surface area contributed by atoms with Crippen LogP contribution in [0, 0.1) is 0 Å². The number of nitrogens with one attached hydrogen (secondary N) is 2. The molecule has 0 radical (unpaired) electrons. The number of ether oxygens (including phenoxy) is 2. The van der Waals surface area contributed by atoms with Crippen molar-refractivity contribution in [3.8, 4) is 11.5 Å². The monoisotopic (exact) mass is 335 g/mol. The van der Waals surface area contributed by atoms with Gasteiger partial charge in [-0.25, -0.2) is 0 Å². The van der Waals surface area contributed by atoms with Crippen molar-refractivity contribution in [3.05, 3.63) is 23.8 Å². The number of hydrogen-bond donors (Lipinski definition) is 2. The Labute approximate surface area is 142 Å². The van der Waals surface area contributed by atoms with Crippen molar-refractivity contribution in [2.45, 2.75) is 18.9 Å². The second-order valence-electron chi connectivity index (χ2n) is 5.69. The van der Waals surface area contributed by atoms with Gasteiger partial charge in [0.15, 0.2) is 0 Å². The summed E-state index contributed by atoms with van der Waals surface area (Å²) in [4.78, 5) is 25.4. The molecule has 0 bridgehead atoms. The molecule has 7 heteroatoms. The third-order valence-corrected chi connectivity index (χ3v) is 4.23. The van der Waals surface area contributed by atoms with Crippen LogP contribution in [0.3, 0.4) is 0 Å². The smallest absolute Gasteiger partial charge is 0.239 e. The highest BCUT2D eigenvalue weighted by molar-refractivity contribution is 5.85. The predicted molar refractivity (Wildman–Crippen MR) is 90.2 cm³/mol. The molecule has 1 heterocycles. The van der Waals surface area contributed by atoms with Gasteiger partial charge in [0, 0.05) is 18.7 Å². The van der Waals surface area contributed by atoms with E-state index in [2.05, 4.69) is 15.5 Å². The molecular formula is C17H25N3O4. The van der Waals surface area contributed by atoms with E-state index in [9.17, 15) is 9.59 Å². The molecule has 0 unspecified atom stereocenters. The van der Waals surface area contributed by atoms with Gasteiger partial charge in [-0.2, -0.15) is 0 Å². The minimum Gasteiger partial charge on any atom is -0.497 e. The number of methoxy groups -OCH3 is 2. The molecule has 1 atom stereocenters. The Kier molecular flexibility index (Phi) is 6.43. The number of carbonyl (C=O) groups excluding carboxylic acids is 2. The first-order valence-corrected chi connectivity index (χ1v) is 8.02. The van der Waals surface area contributed by atoms with Crippen LogP contribution in [0.15, 0.2) is 18.2 Å². The Bertz CT molecular complexity index is 591. The van der Waals surface area contributed by atoms with Gasteiger partial charge >= 0.3 is 0 Å². The highest BCUT2D eigenvalue weighted by atomic mass is 16.5. The fraction of sp³-hybridized carbons (Fsp3) is 0.529. The topological polar surface area (TPSA) is 79.9 Å². The average molecular weight is 335 g/mol. The van der Waals surface area contributed by atoms with Crippen LogP contribution in [-0.2, 0) is 9.59 Å². The van der Waals surface area contributed by atoms with Crippen LogP contribution in [0.1, 0.15) is 24.4 Å². The van der Waals surface area contributed by atoms with E-state index < -0.39 is 0 Å². The molecule has 2 N–H and O–H groups in total. The Morgan fingerprint density at radius 2 is 2.04 bits per heavy atom. The summed E-state index contributed by atoms with van der Waals surface area (Å²) >= 11 is 0. The van der Waals surface area contributed by atoms with E-state index in [4.69, 9.17) is 9.47 Å². The normalized spacial score (nSPS) is 17.4. The first-order valence-electron chi connectivity index (χ1n) is 8.02. The van der Waals surface area contributed by atoms with Gasteiger partial charge in [0.05, 0.1) is 27.3 Å². The lowest BCUT2D eigenvalue weighted by molar-refractivity contribution is -0.126. The Hall–Kier alpha value is -2.28. The minimum atomic E-state index is -0.212. The highest BCUT2D eigenvalue weighted by Gasteiger charge is 2.30. The van der Waals surface area contributed by atoms with E-state index in [1.165, 1.54) is 0 Å². The zero-order valence-corrected chi connectivity index (χ0v) is 14.4. The number of nitrogens with zero attached hydrogens (tertiary/aromatic N) is 1. The van der Waals surface area contributed by atoms with Crippen LogP contribution in [0.2, 0.25) is 0 Å². The summed E-state index contributed by atoms with van der Waals surface area (Å²) in [7, 11) is 4.81. The van der Waals surface area contributed by atoms with Gasteiger partial charge in [-0.3, -0.25) is 14.5 Å². The van der Waals surface area contributed by atoms with Crippen molar-refractivity contribution in [1.82, 2.24) is 15.5 Å². The first kappa shape index (κ1) is 18.1. The molecule has 0 aromatic heterocycles. The molecule has 2 rings (SSSR count). The van der Waals surface area contributed by atoms with Crippen LogP contribution >= 0.6 is 0 Å². The molecule has 2 amide bonds. The first-order chi connectivity index (χ1) is 11.6. The molecule has 0 saturated carbocycles. The summed E-state index contributed by atoms with van der Waals surface area (Å²) < 4.78 is 10.8. The molecule has 1 aliphatic heterocycles. The van der Waals surface area contributed by atoms with Crippen molar-refractivity contribution in [3.63, 3.8) is 0 Å². The van der Waals surface area contributed by atoms with Crippen LogP contribution in [0.4, 0.5) is 0 Å². The third kappa shape index (κ3) is 4.38. The van der Waals surface area contributed by atoms with Gasteiger partial charge in [0.2, 0.25) is 11.8 Å². The maximum absolute atomic E-state index is 12.1. The number of likely N-dealkylation sites (N-methyl/N-ethyl adjacent to an activating group) is 1. The van der Waals surface area contributed by atoms with E-state index in [-0.39, 0.29) is 30.9 Å². The Balaban J connectivity index is 2.07. The number of carbonyl (C=O) groups is 2. The molecule has 1 aliphatic rings. The second-order valence-corrected chi connectivity index (χ2v) is 5.69. The lowest BCUT2D eigenvalue weighted by atomic mass is 10.0. The number of amides is 2. The largest absolute Gasteiger partial charge is 0.497 e. The third-order valence-electron chi connectivity index (χ3n) is 4.23. The summed E-state index contributed by atoms with van der Waals surface area (Å²) in [6.07, 6.45) is 1.96. The Morgan fingerprint density at radius 3 is 2.71 bits per heavy atom. The van der Waals surface area contributed by atoms with Crippen LogP contribution in [-0.4, -0.2) is 57.6 Å². The molecule has 1 fully saturated rings. The van der Waals surface area contributed by atoms with E-state index >= 15 is 0 Å². The van der Waals surface area contributed by atoms with Gasteiger partial charge in [-0.15, -0.1) is 0 Å². The summed E-state index contributed by atoms with van der Waals surface area (Å²) in [6, 6.07) is 5.80. The van der Waals surface area contributed by atoms with Crippen molar-refractivity contribution in [1.29, 1.82) is 0 Å². The maximum Gasteiger partial charge on any atom is 0.239 e. The molecule has 1 aromatic carbocycles. The highest BCUT2D eigenvalue weighted by Crippen LogP contribution is 2.38. The van der Waals surface area contributed by atoms with Gasteiger partial charge in [-0.05, 0) is 37.6 Å². The van der Waals surface area contributed by atoms with E-state index in [1.807, 2.05) is 18.2 Å². The molecule has 1 aromatic rings. The second kappa shape index (κ2) is 8.54. The molecule has 1 saturated heterocycles. The molecule has 7 nitrogen and oxygen atoms in total. The summed E-state index contributed by atoms with van der Waals surface area (Å²) in [6.45, 7) is 1.08. The fourth-order valence-corrected chi connectivity index (χ4v) is 2.98. The van der Waals surface area contributed by atoms with Gasteiger partial charge < -0.3 is 20.1 Å². The zero-order chi connectivity index (χ0) is 17.5. The van der Waals surface area contributed by atoms with Gasteiger partial charge in [0.25, 0.3) is 0 Å². The lowest BCUT2D eigenvalue weighted by Crippen LogP contribution is -2.41. The van der Waals surface area contributed by atoms with Crippen molar-refractivity contribution in [2.24, 2.45) is 0 Å². The molecule has 0 aliphatic carbocycles. The summed E-state index contributed by atoms with van der Waals surface area (Å²) in [5, 5.41) is 5.11. The molecular weight excluding hydrogens is 310 g/mol. The van der Waals surface area contributed by atoms with Gasteiger partial charge in [-0.1, -0.05) is 0 Å². The maximum atomic E-state index is 12.1. The minimum absolute atomic E-state index is 0.00365. The number of likely N-dealkylation sites (tertiary alicyclic amines) is 1. The van der Waals surface area contributed by atoms with E-state index in [1.54, 1.807) is 21.3 Å².